The van der Waals surface area contributed by atoms with Crippen LogP contribution in [0.4, 0.5) is 9.52 Å². The summed E-state index contributed by atoms with van der Waals surface area (Å²) in [5, 5.41) is 3.95. The Bertz CT molecular complexity index is 733. The van der Waals surface area contributed by atoms with Gasteiger partial charge in [-0.2, -0.15) is 4.37 Å². The minimum absolute atomic E-state index is 0.00204. The van der Waals surface area contributed by atoms with Gasteiger partial charge in [-0.3, -0.25) is 4.79 Å². The summed E-state index contributed by atoms with van der Waals surface area (Å²) < 4.78 is 17.4. The van der Waals surface area contributed by atoms with Crippen molar-refractivity contribution in [3.8, 4) is 0 Å². The maximum absolute atomic E-state index is 13.0. The molecule has 1 aliphatic rings. The van der Waals surface area contributed by atoms with Crippen LogP contribution in [0.15, 0.2) is 24.3 Å². The summed E-state index contributed by atoms with van der Waals surface area (Å²) >= 11 is 1.37. The second-order valence-electron chi connectivity index (χ2n) is 6.90. The van der Waals surface area contributed by atoms with Gasteiger partial charge in [-0.1, -0.05) is 19.1 Å². The van der Waals surface area contributed by atoms with Crippen molar-refractivity contribution in [1.29, 1.82) is 0 Å². The van der Waals surface area contributed by atoms with E-state index < -0.39 is 0 Å². The Balaban J connectivity index is 1.61. The van der Waals surface area contributed by atoms with Crippen LogP contribution in [0.5, 0.6) is 0 Å². The molecule has 1 amide bonds. The van der Waals surface area contributed by atoms with Crippen molar-refractivity contribution in [1.82, 2.24) is 14.7 Å². The molecule has 1 saturated heterocycles. The van der Waals surface area contributed by atoms with Crippen LogP contribution in [0.2, 0.25) is 0 Å². The molecule has 7 heteroatoms. The fourth-order valence-corrected chi connectivity index (χ4v) is 3.78. The first-order valence-electron chi connectivity index (χ1n) is 9.17. The second-order valence-corrected chi connectivity index (χ2v) is 7.63. The lowest BCUT2D eigenvalue weighted by atomic mass is 9.97. The third kappa shape index (κ3) is 4.78. The lowest BCUT2D eigenvalue weighted by Crippen LogP contribution is -2.45. The molecule has 1 N–H and O–H groups in total. The van der Waals surface area contributed by atoms with Gasteiger partial charge in [0.25, 0.3) is 0 Å². The van der Waals surface area contributed by atoms with Crippen molar-refractivity contribution in [3.05, 3.63) is 41.5 Å². The summed E-state index contributed by atoms with van der Waals surface area (Å²) in [6.07, 6.45) is 3.42. The van der Waals surface area contributed by atoms with E-state index in [-0.39, 0.29) is 23.7 Å². The first kappa shape index (κ1) is 18.8. The zero-order valence-corrected chi connectivity index (χ0v) is 16.1. The molecule has 0 unspecified atom stereocenters. The lowest BCUT2D eigenvalue weighted by Gasteiger charge is -2.32. The van der Waals surface area contributed by atoms with Gasteiger partial charge in [0.05, 0.1) is 5.92 Å². The zero-order chi connectivity index (χ0) is 18.5. The van der Waals surface area contributed by atoms with Crippen LogP contribution in [0.1, 0.15) is 44.5 Å². The number of hydrogen-bond donors (Lipinski definition) is 1. The number of aromatic nitrogens is 2. The number of carbonyl (C=O) groups excluding carboxylic acids is 1. The average molecular weight is 377 g/mol. The van der Waals surface area contributed by atoms with E-state index in [1.165, 1.54) is 23.7 Å². The minimum atomic E-state index is -0.240. The Kier molecular flexibility index (Phi) is 6.19. The van der Waals surface area contributed by atoms with Gasteiger partial charge < -0.3 is 10.2 Å². The smallest absolute Gasteiger partial charge is 0.225 e. The topological polar surface area (TPSA) is 58.1 Å². The quantitative estimate of drug-likeness (QED) is 0.839. The van der Waals surface area contributed by atoms with E-state index in [1.807, 2.05) is 6.92 Å². The molecule has 0 spiro atoms. The molecular weight excluding hydrogens is 351 g/mol. The molecule has 0 bridgehead atoms. The SMILES string of the molecule is CC[C@@H](C)NC(=O)[C@@H]1CCCN(c2nc(Cc3ccc(F)cc3)ns2)C1. The highest BCUT2D eigenvalue weighted by molar-refractivity contribution is 7.09. The Morgan fingerprint density at radius 2 is 2.19 bits per heavy atom. The molecular formula is C19H25FN4OS. The van der Waals surface area contributed by atoms with Crippen LogP contribution in [0.3, 0.4) is 0 Å². The van der Waals surface area contributed by atoms with Crippen LogP contribution >= 0.6 is 11.5 Å². The number of carbonyl (C=O) groups is 1. The third-order valence-electron chi connectivity index (χ3n) is 4.80. The van der Waals surface area contributed by atoms with Gasteiger partial charge in [-0.05, 0) is 43.9 Å². The van der Waals surface area contributed by atoms with E-state index in [9.17, 15) is 9.18 Å². The number of nitrogens with one attached hydrogen (secondary N) is 1. The number of piperidine rings is 1. The number of benzene rings is 1. The van der Waals surface area contributed by atoms with Gasteiger partial charge in [0.1, 0.15) is 11.6 Å². The van der Waals surface area contributed by atoms with Crippen molar-refractivity contribution in [2.45, 2.75) is 45.6 Å². The van der Waals surface area contributed by atoms with Crippen LogP contribution in [0, 0.1) is 11.7 Å². The predicted molar refractivity (Wildman–Crippen MR) is 102 cm³/mol. The van der Waals surface area contributed by atoms with E-state index in [2.05, 4.69) is 26.5 Å². The normalized spacial score (nSPS) is 18.6. The second kappa shape index (κ2) is 8.58. The van der Waals surface area contributed by atoms with Crippen LogP contribution in [-0.4, -0.2) is 34.4 Å². The number of anilines is 1. The molecule has 1 fully saturated rings. The van der Waals surface area contributed by atoms with Crippen molar-refractivity contribution >= 4 is 22.6 Å². The fourth-order valence-electron chi connectivity index (χ4n) is 3.06. The van der Waals surface area contributed by atoms with E-state index >= 15 is 0 Å². The Labute approximate surface area is 157 Å². The molecule has 2 atom stereocenters. The monoisotopic (exact) mass is 376 g/mol. The van der Waals surface area contributed by atoms with Crippen LogP contribution in [0.25, 0.3) is 0 Å². The average Bonchev–Trinajstić information content (AvgIpc) is 3.12. The summed E-state index contributed by atoms with van der Waals surface area (Å²) in [6.45, 7) is 5.69. The summed E-state index contributed by atoms with van der Waals surface area (Å²) in [5.41, 5.74) is 0.986. The van der Waals surface area contributed by atoms with E-state index in [0.29, 0.717) is 13.0 Å². The largest absolute Gasteiger partial charge is 0.353 e. The van der Waals surface area contributed by atoms with Crippen molar-refractivity contribution in [2.24, 2.45) is 5.92 Å². The molecule has 1 aliphatic heterocycles. The number of hydrogen-bond acceptors (Lipinski definition) is 5. The predicted octanol–water partition coefficient (Wildman–Crippen LogP) is 3.40. The molecule has 1 aromatic heterocycles. The van der Waals surface area contributed by atoms with Gasteiger partial charge in [0.15, 0.2) is 0 Å². The lowest BCUT2D eigenvalue weighted by molar-refractivity contribution is -0.125. The summed E-state index contributed by atoms with van der Waals surface area (Å²) in [4.78, 5) is 19.2. The number of rotatable bonds is 6. The van der Waals surface area contributed by atoms with Crippen LogP contribution in [-0.2, 0) is 11.2 Å². The van der Waals surface area contributed by atoms with Gasteiger partial charge in [0.2, 0.25) is 11.0 Å². The van der Waals surface area contributed by atoms with Gasteiger partial charge in [-0.15, -0.1) is 0 Å². The highest BCUT2D eigenvalue weighted by Gasteiger charge is 2.28. The van der Waals surface area contributed by atoms with Gasteiger partial charge in [0, 0.05) is 37.1 Å². The Morgan fingerprint density at radius 3 is 2.92 bits per heavy atom. The number of halogens is 1. The molecule has 3 rings (SSSR count). The van der Waals surface area contributed by atoms with Crippen molar-refractivity contribution in [3.63, 3.8) is 0 Å². The van der Waals surface area contributed by atoms with E-state index in [0.717, 1.165) is 42.3 Å². The van der Waals surface area contributed by atoms with Crippen molar-refractivity contribution in [2.75, 3.05) is 18.0 Å². The summed E-state index contributed by atoms with van der Waals surface area (Å²) in [7, 11) is 0. The minimum Gasteiger partial charge on any atom is -0.353 e. The van der Waals surface area contributed by atoms with Crippen molar-refractivity contribution < 1.29 is 9.18 Å². The first-order chi connectivity index (χ1) is 12.5. The molecule has 1 aromatic carbocycles. The van der Waals surface area contributed by atoms with E-state index in [4.69, 9.17) is 0 Å². The highest BCUT2D eigenvalue weighted by Crippen LogP contribution is 2.25. The Morgan fingerprint density at radius 1 is 1.42 bits per heavy atom. The summed E-state index contributed by atoms with van der Waals surface area (Å²) in [5.74, 6) is 0.640. The van der Waals surface area contributed by atoms with Gasteiger partial charge in [-0.25, -0.2) is 9.37 Å². The van der Waals surface area contributed by atoms with Gasteiger partial charge >= 0.3 is 0 Å². The molecule has 0 radical (unpaired) electrons. The highest BCUT2D eigenvalue weighted by atomic mass is 32.1. The maximum atomic E-state index is 13.0. The number of nitrogens with zero attached hydrogens (tertiary/aromatic N) is 3. The first-order valence-corrected chi connectivity index (χ1v) is 9.95. The number of amides is 1. The zero-order valence-electron chi connectivity index (χ0n) is 15.2. The molecule has 5 nitrogen and oxygen atoms in total. The fraction of sp³-hybridized carbons (Fsp3) is 0.526. The summed E-state index contributed by atoms with van der Waals surface area (Å²) in [6, 6.07) is 6.63. The standard InChI is InChI=1S/C19H25FN4OS/c1-3-13(2)21-18(25)15-5-4-10-24(12-15)19-22-17(23-26-19)11-14-6-8-16(20)9-7-14/h6-9,13,15H,3-5,10-12H2,1-2H3,(H,21,25)/t13-,15-/m1/s1. The van der Waals surface area contributed by atoms with E-state index in [1.54, 1.807) is 12.1 Å². The molecule has 0 saturated carbocycles. The molecule has 140 valence electrons. The molecule has 0 aliphatic carbocycles. The molecule has 2 aromatic rings. The molecule has 2 heterocycles. The molecule has 26 heavy (non-hydrogen) atoms. The maximum Gasteiger partial charge on any atom is 0.225 e. The Hall–Kier alpha value is -2.02. The van der Waals surface area contributed by atoms with Crippen LogP contribution < -0.4 is 10.2 Å². The third-order valence-corrected chi connectivity index (χ3v) is 5.61.